The first kappa shape index (κ1) is 20.9. The van der Waals surface area contributed by atoms with E-state index < -0.39 is 17.8 Å². The lowest BCUT2D eigenvalue weighted by atomic mass is 9.98. The molecular weight excluding hydrogens is 612 g/mol. The summed E-state index contributed by atoms with van der Waals surface area (Å²) >= 11 is 3.71. The number of aromatic carboxylic acids is 1. The molecule has 1 aliphatic rings. The minimum absolute atomic E-state index is 0.0657. The molecular formula is C22H15I2NO5. The molecule has 1 amide bonds. The van der Waals surface area contributed by atoms with Crippen molar-refractivity contribution in [2.24, 2.45) is 0 Å². The lowest BCUT2D eigenvalue weighted by Gasteiger charge is -2.16. The van der Waals surface area contributed by atoms with Crippen LogP contribution in [0.3, 0.4) is 0 Å². The maximum absolute atomic E-state index is 12.5. The fourth-order valence-corrected chi connectivity index (χ4v) is 5.57. The Morgan fingerprint density at radius 1 is 1.00 bits per heavy atom. The minimum Gasteiger partial charge on any atom is -0.506 e. The number of carbonyl (C=O) groups excluding carboxylic acids is 1. The zero-order chi connectivity index (χ0) is 21.4. The minimum atomic E-state index is -1.24. The van der Waals surface area contributed by atoms with Crippen LogP contribution in [-0.2, 0) is 4.74 Å². The van der Waals surface area contributed by atoms with Gasteiger partial charge in [-0.05, 0) is 73.5 Å². The maximum atomic E-state index is 12.5. The third kappa shape index (κ3) is 3.73. The summed E-state index contributed by atoms with van der Waals surface area (Å²) in [5.74, 6) is -1.70. The highest BCUT2D eigenvalue weighted by Gasteiger charge is 2.29. The number of phenols is 1. The SMILES string of the molecule is O=C(Nc1c(I)cc(C(=O)O)c(O)c1I)OCC1c2ccccc2-c2ccccc21. The van der Waals surface area contributed by atoms with Crippen molar-refractivity contribution in [2.75, 3.05) is 11.9 Å². The molecule has 0 radical (unpaired) electrons. The van der Waals surface area contributed by atoms with Crippen molar-refractivity contribution in [3.63, 3.8) is 0 Å². The second-order valence-electron chi connectivity index (χ2n) is 6.70. The van der Waals surface area contributed by atoms with Crippen LogP contribution in [0.5, 0.6) is 5.75 Å². The number of aromatic hydroxyl groups is 1. The molecule has 30 heavy (non-hydrogen) atoms. The molecule has 0 aliphatic heterocycles. The summed E-state index contributed by atoms with van der Waals surface area (Å²) in [5.41, 5.74) is 4.59. The number of hydrogen-bond acceptors (Lipinski definition) is 4. The molecule has 0 bridgehead atoms. The molecule has 152 valence electrons. The molecule has 6 nitrogen and oxygen atoms in total. The highest BCUT2D eigenvalue weighted by atomic mass is 127. The van der Waals surface area contributed by atoms with Gasteiger partial charge in [-0.1, -0.05) is 48.5 Å². The normalized spacial score (nSPS) is 12.2. The first-order valence-corrected chi connectivity index (χ1v) is 11.1. The number of carbonyl (C=O) groups is 2. The first-order valence-electron chi connectivity index (χ1n) is 8.94. The number of ether oxygens (including phenoxy) is 1. The molecule has 0 spiro atoms. The van der Waals surface area contributed by atoms with Crippen molar-refractivity contribution >= 4 is 62.9 Å². The van der Waals surface area contributed by atoms with E-state index in [1.54, 1.807) is 22.6 Å². The second kappa shape index (κ2) is 8.42. The van der Waals surface area contributed by atoms with Crippen molar-refractivity contribution in [1.29, 1.82) is 0 Å². The molecule has 8 heteroatoms. The van der Waals surface area contributed by atoms with Gasteiger partial charge in [0.25, 0.3) is 0 Å². The molecule has 3 N–H and O–H groups in total. The van der Waals surface area contributed by atoms with Gasteiger partial charge in [-0.2, -0.15) is 0 Å². The summed E-state index contributed by atoms with van der Waals surface area (Å²) < 4.78 is 6.24. The van der Waals surface area contributed by atoms with Gasteiger partial charge in [-0.15, -0.1) is 0 Å². The van der Waals surface area contributed by atoms with Gasteiger partial charge in [0.05, 0.1) is 9.26 Å². The molecule has 1 aliphatic carbocycles. The van der Waals surface area contributed by atoms with Crippen molar-refractivity contribution in [3.8, 4) is 16.9 Å². The van der Waals surface area contributed by atoms with Gasteiger partial charge in [-0.25, -0.2) is 9.59 Å². The van der Waals surface area contributed by atoms with Gasteiger partial charge in [0.15, 0.2) is 0 Å². The van der Waals surface area contributed by atoms with Crippen LogP contribution >= 0.6 is 45.2 Å². The van der Waals surface area contributed by atoms with E-state index in [9.17, 15) is 19.8 Å². The van der Waals surface area contributed by atoms with Crippen LogP contribution in [0.15, 0.2) is 54.6 Å². The predicted octanol–water partition coefficient (Wildman–Crippen LogP) is 5.66. The number of fused-ring (bicyclic) bond motifs is 3. The monoisotopic (exact) mass is 627 g/mol. The Morgan fingerprint density at radius 3 is 2.13 bits per heavy atom. The van der Waals surface area contributed by atoms with Gasteiger partial charge < -0.3 is 14.9 Å². The predicted molar refractivity (Wildman–Crippen MR) is 129 cm³/mol. The van der Waals surface area contributed by atoms with Gasteiger partial charge in [-0.3, -0.25) is 5.32 Å². The Hall–Kier alpha value is -2.34. The smallest absolute Gasteiger partial charge is 0.411 e. The summed E-state index contributed by atoms with van der Waals surface area (Å²) in [6, 6.07) is 17.4. The maximum Gasteiger partial charge on any atom is 0.411 e. The Morgan fingerprint density at radius 2 is 1.57 bits per heavy atom. The van der Waals surface area contributed by atoms with Crippen molar-refractivity contribution in [1.82, 2.24) is 0 Å². The summed E-state index contributed by atoms with van der Waals surface area (Å²) in [7, 11) is 0. The van der Waals surface area contributed by atoms with Crippen molar-refractivity contribution in [3.05, 3.63) is 78.4 Å². The van der Waals surface area contributed by atoms with E-state index in [0.29, 0.717) is 9.26 Å². The third-order valence-electron chi connectivity index (χ3n) is 4.99. The molecule has 4 rings (SSSR count). The lowest BCUT2D eigenvalue weighted by molar-refractivity contribution is 0.0693. The number of rotatable bonds is 4. The van der Waals surface area contributed by atoms with Crippen LogP contribution in [0, 0.1) is 7.14 Å². The molecule has 3 aromatic carbocycles. The molecule has 0 aromatic heterocycles. The van der Waals surface area contributed by atoms with Crippen molar-refractivity contribution in [2.45, 2.75) is 5.92 Å². The van der Waals surface area contributed by atoms with Crippen LogP contribution in [0.4, 0.5) is 10.5 Å². The molecule has 0 saturated heterocycles. The second-order valence-corrected chi connectivity index (χ2v) is 8.94. The Bertz CT molecular complexity index is 1130. The van der Waals surface area contributed by atoms with E-state index in [1.165, 1.54) is 6.07 Å². The van der Waals surface area contributed by atoms with Crippen LogP contribution < -0.4 is 5.32 Å². The lowest BCUT2D eigenvalue weighted by Crippen LogP contribution is -2.19. The van der Waals surface area contributed by atoms with E-state index in [2.05, 4.69) is 17.4 Å². The first-order chi connectivity index (χ1) is 14.4. The molecule has 0 unspecified atom stereocenters. The van der Waals surface area contributed by atoms with Crippen LogP contribution in [0.25, 0.3) is 11.1 Å². The number of anilines is 1. The Balaban J connectivity index is 1.53. The Kier molecular flexibility index (Phi) is 5.87. The highest BCUT2D eigenvalue weighted by molar-refractivity contribution is 14.1. The number of halogens is 2. The molecule has 3 aromatic rings. The van der Waals surface area contributed by atoms with E-state index in [1.807, 2.05) is 59.0 Å². The van der Waals surface area contributed by atoms with Gasteiger partial charge in [0.2, 0.25) is 0 Å². The number of benzene rings is 3. The van der Waals surface area contributed by atoms with Gasteiger partial charge in [0.1, 0.15) is 17.9 Å². The van der Waals surface area contributed by atoms with Crippen LogP contribution in [0.2, 0.25) is 0 Å². The van der Waals surface area contributed by atoms with Gasteiger partial charge >= 0.3 is 12.1 Å². The van der Waals surface area contributed by atoms with Gasteiger partial charge in [0, 0.05) is 9.49 Å². The molecule has 0 saturated carbocycles. The average molecular weight is 627 g/mol. The molecule has 0 atom stereocenters. The standard InChI is InChI=1S/C22H15I2NO5/c23-17-9-15(21(27)28)20(26)18(24)19(17)25-22(29)30-10-16-13-7-3-1-5-11(13)12-6-2-4-8-14(12)16/h1-9,16,26H,10H2,(H,25,29)(H,27,28). The topological polar surface area (TPSA) is 95.9 Å². The van der Waals surface area contributed by atoms with Crippen LogP contribution in [-0.4, -0.2) is 28.9 Å². The third-order valence-corrected chi connectivity index (χ3v) is 6.89. The van der Waals surface area contributed by atoms with E-state index in [4.69, 9.17) is 4.74 Å². The van der Waals surface area contributed by atoms with Crippen LogP contribution in [0.1, 0.15) is 27.4 Å². The van der Waals surface area contributed by atoms with E-state index >= 15 is 0 Å². The number of amides is 1. The zero-order valence-corrected chi connectivity index (χ0v) is 19.7. The number of carboxylic acid groups (broad SMARTS) is 1. The molecule has 0 heterocycles. The average Bonchev–Trinajstić information content (AvgIpc) is 3.06. The number of carboxylic acids is 1. The Labute approximate surface area is 199 Å². The fourth-order valence-electron chi connectivity index (χ4n) is 3.62. The highest BCUT2D eigenvalue weighted by Crippen LogP contribution is 2.44. The summed E-state index contributed by atoms with van der Waals surface area (Å²) in [6.45, 7) is 0.159. The zero-order valence-electron chi connectivity index (χ0n) is 15.4. The summed E-state index contributed by atoms with van der Waals surface area (Å²) in [6.07, 6.45) is -0.671. The van der Waals surface area contributed by atoms with Crippen molar-refractivity contribution < 1.29 is 24.5 Å². The summed E-state index contributed by atoms with van der Waals surface area (Å²) in [5, 5.41) is 21.9. The number of nitrogens with one attached hydrogen (secondary N) is 1. The van der Waals surface area contributed by atoms with E-state index in [-0.39, 0.29) is 21.7 Å². The molecule has 0 fully saturated rings. The quantitative estimate of drug-likeness (QED) is 0.325. The largest absolute Gasteiger partial charge is 0.506 e. The summed E-state index contributed by atoms with van der Waals surface area (Å²) in [4.78, 5) is 23.7. The fraction of sp³-hybridized carbons (Fsp3) is 0.0909. The number of hydrogen-bond donors (Lipinski definition) is 3. The van der Waals surface area contributed by atoms with E-state index in [0.717, 1.165) is 22.3 Å².